The highest BCUT2D eigenvalue weighted by Gasteiger charge is 2.38. The fourth-order valence-corrected chi connectivity index (χ4v) is 14.8. The quantitative estimate of drug-likeness (QED) is 0.169. The van der Waals surface area contributed by atoms with E-state index < -0.39 is 0 Å². The Balaban J connectivity index is 1.13. The molecule has 0 spiro atoms. The normalized spacial score (nSPS) is 14.7. The van der Waals surface area contributed by atoms with Crippen molar-refractivity contribution in [3.05, 3.63) is 192 Å². The highest BCUT2D eigenvalue weighted by atomic mass is 32.1. The molecule has 10 aromatic carbocycles. The van der Waals surface area contributed by atoms with Gasteiger partial charge in [0.25, 0.3) is 0 Å². The predicted molar refractivity (Wildman–Crippen MR) is 281 cm³/mol. The Morgan fingerprint density at radius 2 is 0.708 bits per heavy atom. The van der Waals surface area contributed by atoms with Crippen LogP contribution in [0.1, 0.15) is 49.9 Å². The number of thiophene rings is 2. The lowest BCUT2D eigenvalue weighted by Gasteiger charge is -2.22. The van der Waals surface area contributed by atoms with Crippen LogP contribution >= 0.6 is 22.7 Å². The van der Waals surface area contributed by atoms with Crippen LogP contribution in [0.5, 0.6) is 0 Å². The molecular formula is C62H40OS2. The zero-order valence-electron chi connectivity index (χ0n) is 36.4. The first-order chi connectivity index (χ1) is 31.7. The third-order valence-corrected chi connectivity index (χ3v) is 17.9. The molecule has 3 heteroatoms. The lowest BCUT2D eigenvalue weighted by Crippen LogP contribution is -2.14. The van der Waals surface area contributed by atoms with Crippen molar-refractivity contribution in [3.8, 4) is 44.5 Å². The van der Waals surface area contributed by atoms with E-state index in [1.165, 1.54) is 139 Å². The van der Waals surface area contributed by atoms with Gasteiger partial charge in [0.05, 0.1) is 0 Å². The molecule has 3 heterocycles. The standard InChI is InChI=1S/C62H40OS2/c1-61(2)49-23-9-5-15-33(49)45-27-41-43(39-21-13-19-37-35-17-7-11-25-55(35)64-59(37)39)31-53-57(47(41)29-51(45)61)58-48-30-52-46(34-16-6-10-24-50(34)62(52,3)4)28-42(48)44(32-54(58)63-53)40-22-14-20-38-36-18-8-12-26-56(36)65-60(38)40/h5-32H,1-4H3. The van der Waals surface area contributed by atoms with Crippen LogP contribution in [0.25, 0.3) is 128 Å². The van der Waals surface area contributed by atoms with Crippen LogP contribution in [0, 0.1) is 0 Å². The summed E-state index contributed by atoms with van der Waals surface area (Å²) in [4.78, 5) is 0. The van der Waals surface area contributed by atoms with Gasteiger partial charge in [-0.2, -0.15) is 0 Å². The average molecular weight is 865 g/mol. The Morgan fingerprint density at radius 3 is 1.18 bits per heavy atom. The molecule has 15 rings (SSSR count). The van der Waals surface area contributed by atoms with Gasteiger partial charge in [0.15, 0.2) is 0 Å². The van der Waals surface area contributed by atoms with Crippen molar-refractivity contribution in [3.63, 3.8) is 0 Å². The van der Waals surface area contributed by atoms with Crippen molar-refractivity contribution >= 4 is 107 Å². The van der Waals surface area contributed by atoms with Crippen LogP contribution in [0.15, 0.2) is 174 Å². The lowest BCUT2D eigenvalue weighted by molar-refractivity contribution is 0.661. The van der Waals surface area contributed by atoms with Crippen LogP contribution in [0.4, 0.5) is 0 Å². The van der Waals surface area contributed by atoms with Gasteiger partial charge in [-0.05, 0) is 126 Å². The molecule has 0 amide bonds. The van der Waals surface area contributed by atoms with E-state index in [1.807, 2.05) is 22.7 Å². The van der Waals surface area contributed by atoms with Gasteiger partial charge in [-0.15, -0.1) is 22.7 Å². The highest BCUT2D eigenvalue weighted by molar-refractivity contribution is 7.26. The summed E-state index contributed by atoms with van der Waals surface area (Å²) in [6.07, 6.45) is 0. The number of rotatable bonds is 2. The summed E-state index contributed by atoms with van der Waals surface area (Å²) in [5, 5.41) is 12.6. The summed E-state index contributed by atoms with van der Waals surface area (Å²) in [6.45, 7) is 9.59. The molecule has 0 atom stereocenters. The van der Waals surface area contributed by atoms with Crippen molar-refractivity contribution in [1.82, 2.24) is 0 Å². The summed E-state index contributed by atoms with van der Waals surface area (Å²) >= 11 is 3.79. The number of fused-ring (bicyclic) bond motifs is 19. The number of hydrogen-bond donors (Lipinski definition) is 0. The second kappa shape index (κ2) is 12.4. The van der Waals surface area contributed by atoms with Crippen LogP contribution in [0.2, 0.25) is 0 Å². The van der Waals surface area contributed by atoms with Gasteiger partial charge >= 0.3 is 0 Å². The third kappa shape index (κ3) is 4.62. The monoisotopic (exact) mass is 864 g/mol. The largest absolute Gasteiger partial charge is 0.456 e. The van der Waals surface area contributed by atoms with Gasteiger partial charge in [-0.3, -0.25) is 0 Å². The molecule has 0 N–H and O–H groups in total. The van der Waals surface area contributed by atoms with Crippen molar-refractivity contribution in [2.24, 2.45) is 0 Å². The van der Waals surface area contributed by atoms with E-state index in [9.17, 15) is 0 Å². The topological polar surface area (TPSA) is 13.1 Å². The highest BCUT2D eigenvalue weighted by Crippen LogP contribution is 2.56. The molecule has 65 heavy (non-hydrogen) atoms. The number of benzene rings is 10. The third-order valence-electron chi connectivity index (χ3n) is 15.5. The Labute approximate surface area is 383 Å². The van der Waals surface area contributed by atoms with E-state index in [0.717, 1.165) is 11.2 Å². The molecule has 2 aliphatic rings. The second-order valence-corrected chi connectivity index (χ2v) is 21.6. The SMILES string of the molecule is CC1(C)c2ccccc2-c2cc3c(-c4cccc5c4sc4ccccc45)cc4oc5cc(-c6cccc7c6sc6ccccc67)c6cc7c(cc6c5c4c3cc21)C(C)(C)c1ccccc1-7. The Hall–Kier alpha value is -7.04. The zero-order valence-corrected chi connectivity index (χ0v) is 38.0. The second-order valence-electron chi connectivity index (χ2n) is 19.5. The molecule has 306 valence electrons. The molecule has 0 unspecified atom stereocenters. The van der Waals surface area contributed by atoms with Gasteiger partial charge in [0.1, 0.15) is 11.2 Å². The van der Waals surface area contributed by atoms with Gasteiger partial charge in [0.2, 0.25) is 0 Å². The van der Waals surface area contributed by atoms with Crippen LogP contribution < -0.4 is 0 Å². The molecule has 0 aliphatic heterocycles. The Kier molecular flexibility index (Phi) is 6.93. The minimum absolute atomic E-state index is 0.164. The Morgan fingerprint density at radius 1 is 0.308 bits per heavy atom. The predicted octanol–water partition coefficient (Wildman–Crippen LogP) is 18.6. The molecule has 0 fully saturated rings. The maximum Gasteiger partial charge on any atom is 0.136 e. The van der Waals surface area contributed by atoms with Crippen LogP contribution in [-0.4, -0.2) is 0 Å². The molecule has 0 saturated carbocycles. The van der Waals surface area contributed by atoms with Gasteiger partial charge in [0, 0.05) is 73.1 Å². The summed E-state index contributed by atoms with van der Waals surface area (Å²) in [6, 6.07) is 64.4. The molecule has 3 aromatic heterocycles. The summed E-state index contributed by atoms with van der Waals surface area (Å²) in [5.74, 6) is 0. The van der Waals surface area contributed by atoms with Crippen molar-refractivity contribution in [1.29, 1.82) is 0 Å². The molecule has 0 saturated heterocycles. The fourth-order valence-electron chi connectivity index (χ4n) is 12.3. The van der Waals surface area contributed by atoms with E-state index >= 15 is 0 Å². The first-order valence-electron chi connectivity index (χ1n) is 22.7. The summed E-state index contributed by atoms with van der Waals surface area (Å²) in [5.41, 5.74) is 17.3. The molecule has 0 bridgehead atoms. The van der Waals surface area contributed by atoms with E-state index in [2.05, 4.69) is 198 Å². The molecule has 1 nitrogen and oxygen atoms in total. The van der Waals surface area contributed by atoms with Gasteiger partial charge in [-0.25, -0.2) is 0 Å². The summed E-state index contributed by atoms with van der Waals surface area (Å²) in [7, 11) is 0. The zero-order chi connectivity index (χ0) is 43.1. The lowest BCUT2D eigenvalue weighted by atomic mass is 9.80. The number of hydrogen-bond acceptors (Lipinski definition) is 3. The van der Waals surface area contributed by atoms with Crippen molar-refractivity contribution < 1.29 is 4.42 Å². The molecule has 13 aromatic rings. The smallest absolute Gasteiger partial charge is 0.136 e. The first kappa shape index (κ1) is 36.3. The molecule has 2 aliphatic carbocycles. The minimum atomic E-state index is -0.164. The van der Waals surface area contributed by atoms with Gasteiger partial charge in [-0.1, -0.05) is 149 Å². The van der Waals surface area contributed by atoms with Crippen molar-refractivity contribution in [2.45, 2.75) is 38.5 Å². The maximum absolute atomic E-state index is 7.41. The van der Waals surface area contributed by atoms with Gasteiger partial charge < -0.3 is 4.42 Å². The number of furan rings is 1. The first-order valence-corrected chi connectivity index (χ1v) is 24.4. The van der Waals surface area contributed by atoms with Crippen LogP contribution in [0.3, 0.4) is 0 Å². The molecular weight excluding hydrogens is 825 g/mol. The molecule has 0 radical (unpaired) electrons. The average Bonchev–Trinajstić information content (AvgIpc) is 4.12. The Bertz CT molecular complexity index is 4020. The van der Waals surface area contributed by atoms with Crippen molar-refractivity contribution in [2.75, 3.05) is 0 Å². The minimum Gasteiger partial charge on any atom is -0.456 e. The van der Waals surface area contributed by atoms with E-state index in [4.69, 9.17) is 4.42 Å². The maximum atomic E-state index is 7.41. The van der Waals surface area contributed by atoms with Crippen LogP contribution in [-0.2, 0) is 10.8 Å². The fraction of sp³-hybridized carbons (Fsp3) is 0.0968. The van der Waals surface area contributed by atoms with E-state index in [-0.39, 0.29) is 10.8 Å². The summed E-state index contributed by atoms with van der Waals surface area (Å²) < 4.78 is 12.7. The van der Waals surface area contributed by atoms with E-state index in [0.29, 0.717) is 0 Å². The van der Waals surface area contributed by atoms with E-state index in [1.54, 1.807) is 0 Å².